The summed E-state index contributed by atoms with van der Waals surface area (Å²) in [6.07, 6.45) is 3.03. The van der Waals surface area contributed by atoms with Gasteiger partial charge in [-0.05, 0) is 35.0 Å². The van der Waals surface area contributed by atoms with Gasteiger partial charge in [0, 0.05) is 6.20 Å². The number of halogens is 1. The van der Waals surface area contributed by atoms with Crippen LogP contribution in [0, 0.1) is 6.92 Å². The number of aryl methyl sites for hydroxylation is 1. The minimum Gasteiger partial charge on any atom is -0.239 e. The predicted molar refractivity (Wildman–Crippen MR) is 60.9 cm³/mol. The molecule has 0 aliphatic rings. The number of aromatic nitrogens is 2. The molecule has 72 valence electrons. The maximum atomic E-state index is 4.37. The highest BCUT2D eigenvalue weighted by Gasteiger charge is 2.00. The Morgan fingerprint density at radius 2 is 2.31 bits per heavy atom. The minimum atomic E-state index is 0.919. The monoisotopic (exact) mass is 260 g/mol. The molecule has 0 N–H and O–H groups in total. The first-order valence-corrected chi connectivity index (χ1v) is 6.24. The van der Waals surface area contributed by atoms with Crippen LogP contribution in [0.5, 0.6) is 0 Å². The van der Waals surface area contributed by atoms with Crippen molar-refractivity contribution in [1.29, 1.82) is 0 Å². The van der Waals surface area contributed by atoms with Crippen molar-refractivity contribution in [1.82, 2.24) is 9.97 Å². The van der Waals surface area contributed by atoms with Crippen LogP contribution in [0.2, 0.25) is 0 Å². The fourth-order valence-corrected chi connectivity index (χ4v) is 1.82. The molecular weight excluding hydrogens is 248 g/mol. The highest BCUT2D eigenvalue weighted by molar-refractivity contribution is 9.10. The quantitative estimate of drug-likeness (QED) is 0.778. The summed E-state index contributed by atoms with van der Waals surface area (Å²) in [7, 11) is 0. The van der Waals surface area contributed by atoms with Crippen LogP contribution in [0.25, 0.3) is 0 Å². The van der Waals surface area contributed by atoms with Crippen molar-refractivity contribution in [3.63, 3.8) is 0 Å². The van der Waals surface area contributed by atoms with E-state index in [9.17, 15) is 0 Å². The molecule has 0 amide bonds. The molecule has 0 aliphatic heterocycles. The molecular formula is C9H13BrN2S. The van der Waals surface area contributed by atoms with E-state index in [0.29, 0.717) is 0 Å². The van der Waals surface area contributed by atoms with Crippen molar-refractivity contribution in [3.8, 4) is 0 Å². The molecule has 1 aromatic heterocycles. The van der Waals surface area contributed by atoms with Crippen LogP contribution in [0.4, 0.5) is 0 Å². The van der Waals surface area contributed by atoms with Gasteiger partial charge in [0.25, 0.3) is 0 Å². The maximum Gasteiger partial charge on any atom is 0.138 e. The summed E-state index contributed by atoms with van der Waals surface area (Å²) in [5.74, 6) is 3.03. The van der Waals surface area contributed by atoms with Crippen LogP contribution < -0.4 is 0 Å². The van der Waals surface area contributed by atoms with Crippen molar-refractivity contribution in [3.05, 3.63) is 22.2 Å². The van der Waals surface area contributed by atoms with E-state index >= 15 is 0 Å². The first-order chi connectivity index (χ1) is 6.24. The van der Waals surface area contributed by atoms with E-state index in [1.54, 1.807) is 0 Å². The highest BCUT2D eigenvalue weighted by Crippen LogP contribution is 2.14. The second-order valence-electron chi connectivity index (χ2n) is 2.77. The van der Waals surface area contributed by atoms with E-state index in [0.717, 1.165) is 21.7 Å². The summed E-state index contributed by atoms with van der Waals surface area (Å²) in [6, 6.07) is 0. The Morgan fingerprint density at radius 3 is 2.92 bits per heavy atom. The number of nitrogens with zero attached hydrogens (tertiary/aromatic N) is 2. The van der Waals surface area contributed by atoms with Gasteiger partial charge < -0.3 is 0 Å². The van der Waals surface area contributed by atoms with Crippen molar-refractivity contribution in [2.45, 2.75) is 26.0 Å². The Morgan fingerprint density at radius 1 is 1.54 bits per heavy atom. The smallest absolute Gasteiger partial charge is 0.138 e. The molecule has 1 heterocycles. The summed E-state index contributed by atoms with van der Waals surface area (Å²) in [5.41, 5.74) is 1.02. The lowest BCUT2D eigenvalue weighted by Gasteiger charge is -2.01. The summed E-state index contributed by atoms with van der Waals surface area (Å²) in [6.45, 7) is 4.17. The predicted octanol–water partition coefficient (Wildman–Crippen LogP) is 3.19. The van der Waals surface area contributed by atoms with Crippen molar-refractivity contribution < 1.29 is 0 Å². The summed E-state index contributed by atoms with van der Waals surface area (Å²) in [4.78, 5) is 8.60. The SMILES string of the molecule is CCCSCc1ncc(Br)c(C)n1. The number of hydrogen-bond acceptors (Lipinski definition) is 3. The molecule has 0 unspecified atom stereocenters. The average Bonchev–Trinajstić information content (AvgIpc) is 2.12. The van der Waals surface area contributed by atoms with E-state index in [1.807, 2.05) is 24.9 Å². The Hall–Kier alpha value is -0.0900. The number of hydrogen-bond donors (Lipinski definition) is 0. The Labute approximate surface area is 91.7 Å². The van der Waals surface area contributed by atoms with Crippen LogP contribution in [0.3, 0.4) is 0 Å². The van der Waals surface area contributed by atoms with Gasteiger partial charge in [0.05, 0.1) is 15.9 Å². The molecule has 0 saturated heterocycles. The first kappa shape index (κ1) is 11.0. The lowest BCUT2D eigenvalue weighted by atomic mass is 10.4. The third-order valence-electron chi connectivity index (χ3n) is 1.55. The molecule has 0 atom stereocenters. The van der Waals surface area contributed by atoms with Crippen LogP contribution in [0.1, 0.15) is 24.9 Å². The van der Waals surface area contributed by atoms with Gasteiger partial charge in [0.1, 0.15) is 5.82 Å². The highest BCUT2D eigenvalue weighted by atomic mass is 79.9. The second kappa shape index (κ2) is 5.60. The van der Waals surface area contributed by atoms with Crippen LogP contribution in [-0.4, -0.2) is 15.7 Å². The number of thioether (sulfide) groups is 1. The normalized spacial score (nSPS) is 10.4. The lowest BCUT2D eigenvalue weighted by Crippen LogP contribution is -1.95. The van der Waals surface area contributed by atoms with E-state index in [4.69, 9.17) is 0 Å². The Kier molecular flexibility index (Phi) is 4.73. The van der Waals surface area contributed by atoms with Crippen molar-refractivity contribution in [2.75, 3.05) is 5.75 Å². The Bertz CT molecular complexity index is 278. The molecule has 0 fully saturated rings. The van der Waals surface area contributed by atoms with Crippen molar-refractivity contribution >= 4 is 27.7 Å². The van der Waals surface area contributed by atoms with Gasteiger partial charge in [-0.15, -0.1) is 0 Å². The molecule has 0 aliphatic carbocycles. The molecule has 1 rings (SSSR count). The van der Waals surface area contributed by atoms with Gasteiger partial charge in [-0.1, -0.05) is 6.92 Å². The van der Waals surface area contributed by atoms with Gasteiger partial charge in [-0.3, -0.25) is 0 Å². The molecule has 0 aromatic carbocycles. The zero-order chi connectivity index (χ0) is 9.68. The van der Waals surface area contributed by atoms with Gasteiger partial charge in [-0.25, -0.2) is 9.97 Å². The summed E-state index contributed by atoms with van der Waals surface area (Å²) >= 11 is 5.26. The van der Waals surface area contributed by atoms with Gasteiger partial charge in [0.2, 0.25) is 0 Å². The maximum absolute atomic E-state index is 4.37. The number of rotatable bonds is 4. The largest absolute Gasteiger partial charge is 0.239 e. The van der Waals surface area contributed by atoms with E-state index in [1.165, 1.54) is 12.2 Å². The minimum absolute atomic E-state index is 0.919. The van der Waals surface area contributed by atoms with Gasteiger partial charge in [0.15, 0.2) is 0 Å². The molecule has 1 aromatic rings. The molecule has 0 saturated carbocycles. The van der Waals surface area contributed by atoms with Crippen LogP contribution in [0.15, 0.2) is 10.7 Å². The van der Waals surface area contributed by atoms with Crippen LogP contribution >= 0.6 is 27.7 Å². The first-order valence-electron chi connectivity index (χ1n) is 4.29. The van der Waals surface area contributed by atoms with Crippen LogP contribution in [-0.2, 0) is 5.75 Å². The lowest BCUT2D eigenvalue weighted by molar-refractivity contribution is 0.981. The molecule has 0 bridgehead atoms. The topological polar surface area (TPSA) is 25.8 Å². The fraction of sp³-hybridized carbons (Fsp3) is 0.556. The summed E-state index contributed by atoms with van der Waals surface area (Å²) in [5, 5.41) is 0. The summed E-state index contributed by atoms with van der Waals surface area (Å²) < 4.78 is 0.983. The van der Waals surface area contributed by atoms with Gasteiger partial charge >= 0.3 is 0 Å². The third-order valence-corrected chi connectivity index (χ3v) is 3.49. The molecule has 13 heavy (non-hydrogen) atoms. The fourth-order valence-electron chi connectivity index (χ4n) is 0.878. The zero-order valence-electron chi connectivity index (χ0n) is 7.88. The van der Waals surface area contributed by atoms with E-state index in [-0.39, 0.29) is 0 Å². The van der Waals surface area contributed by atoms with E-state index < -0.39 is 0 Å². The molecule has 2 nitrogen and oxygen atoms in total. The molecule has 0 spiro atoms. The van der Waals surface area contributed by atoms with Gasteiger partial charge in [-0.2, -0.15) is 11.8 Å². The van der Waals surface area contributed by atoms with Crippen molar-refractivity contribution in [2.24, 2.45) is 0 Å². The molecule has 0 radical (unpaired) electrons. The average molecular weight is 261 g/mol. The second-order valence-corrected chi connectivity index (χ2v) is 4.73. The Balaban J connectivity index is 2.53. The zero-order valence-corrected chi connectivity index (χ0v) is 10.3. The van der Waals surface area contributed by atoms with E-state index in [2.05, 4.69) is 32.8 Å². The molecule has 4 heteroatoms. The standard InChI is InChI=1S/C9H13BrN2S/c1-3-4-13-6-9-11-5-8(10)7(2)12-9/h5H,3-4,6H2,1-2H3. The third kappa shape index (κ3) is 3.65.